The summed E-state index contributed by atoms with van der Waals surface area (Å²) in [7, 11) is 1.85. The Morgan fingerprint density at radius 3 is 2.72 bits per heavy atom. The van der Waals surface area contributed by atoms with Gasteiger partial charge in [-0.25, -0.2) is 9.97 Å². The average molecular weight is 499 g/mol. The molecule has 0 spiro atoms. The lowest BCUT2D eigenvalue weighted by Gasteiger charge is -2.28. The molecule has 3 N–H and O–H groups in total. The number of aromatic nitrogens is 3. The Balaban J connectivity index is 1.19. The molecule has 36 heavy (non-hydrogen) atoms. The molecule has 3 aromatic heterocycles. The van der Waals surface area contributed by atoms with Crippen molar-refractivity contribution in [2.24, 2.45) is 0 Å². The van der Waals surface area contributed by atoms with Gasteiger partial charge in [0.1, 0.15) is 10.3 Å². The minimum Gasteiger partial charge on any atom is -0.378 e. The quantitative estimate of drug-likeness (QED) is 0.316. The number of hydrogen-bond acceptors (Lipinski definition) is 7. The normalized spacial score (nSPS) is 13.9. The fraction of sp³-hybridized carbons (Fsp3) is 0.222. The fourth-order valence-corrected chi connectivity index (χ4v) is 5.27. The van der Waals surface area contributed by atoms with Gasteiger partial charge in [0.05, 0.1) is 24.5 Å². The molecule has 2 aromatic carbocycles. The number of hydrogen-bond donors (Lipinski definition) is 3. The zero-order valence-corrected chi connectivity index (χ0v) is 20.7. The molecule has 1 fully saturated rings. The van der Waals surface area contributed by atoms with E-state index in [1.807, 2.05) is 37.4 Å². The zero-order chi connectivity index (χ0) is 24.5. The van der Waals surface area contributed by atoms with Crippen LogP contribution in [0.3, 0.4) is 0 Å². The van der Waals surface area contributed by atoms with E-state index in [0.29, 0.717) is 12.1 Å². The number of aromatic amines is 1. The van der Waals surface area contributed by atoms with E-state index in [4.69, 9.17) is 9.72 Å². The van der Waals surface area contributed by atoms with Gasteiger partial charge in [-0.15, -0.1) is 0 Å². The summed E-state index contributed by atoms with van der Waals surface area (Å²) in [5, 5.41) is 7.84. The van der Waals surface area contributed by atoms with Crippen LogP contribution in [0.2, 0.25) is 0 Å². The van der Waals surface area contributed by atoms with Crippen molar-refractivity contribution in [2.45, 2.75) is 6.54 Å². The summed E-state index contributed by atoms with van der Waals surface area (Å²) >= 11 is 1.52. The minimum atomic E-state index is -0.111. The molecule has 0 radical (unpaired) electrons. The van der Waals surface area contributed by atoms with E-state index in [9.17, 15) is 4.79 Å². The predicted octanol–water partition coefficient (Wildman–Crippen LogP) is 4.65. The van der Waals surface area contributed by atoms with Crippen molar-refractivity contribution in [3.05, 3.63) is 71.9 Å². The Morgan fingerprint density at radius 1 is 1.08 bits per heavy atom. The molecule has 0 bridgehead atoms. The number of amides is 1. The zero-order valence-electron chi connectivity index (χ0n) is 19.9. The van der Waals surface area contributed by atoms with Gasteiger partial charge < -0.3 is 25.3 Å². The second-order valence-electron chi connectivity index (χ2n) is 8.70. The van der Waals surface area contributed by atoms with Crippen LogP contribution in [0.25, 0.3) is 32.5 Å². The van der Waals surface area contributed by atoms with Gasteiger partial charge >= 0.3 is 0 Å². The number of ether oxygens (including phenoxy) is 1. The lowest BCUT2D eigenvalue weighted by Crippen LogP contribution is -2.36. The summed E-state index contributed by atoms with van der Waals surface area (Å²) in [5.74, 6) is -0.111. The molecule has 0 atom stereocenters. The Kier molecular flexibility index (Phi) is 6.00. The molecule has 5 aromatic rings. The molecule has 4 heterocycles. The number of benzene rings is 2. The monoisotopic (exact) mass is 498 g/mol. The number of carbonyl (C=O) groups excluding carboxylic acids is 1. The van der Waals surface area contributed by atoms with Gasteiger partial charge in [-0.05, 0) is 42.0 Å². The number of nitrogens with zero attached hydrogens (tertiary/aromatic N) is 3. The molecule has 182 valence electrons. The number of rotatable bonds is 6. The van der Waals surface area contributed by atoms with Gasteiger partial charge in [-0.2, -0.15) is 0 Å². The van der Waals surface area contributed by atoms with Crippen LogP contribution in [-0.4, -0.2) is 54.2 Å². The molecule has 0 unspecified atom stereocenters. The van der Waals surface area contributed by atoms with E-state index in [-0.39, 0.29) is 5.91 Å². The number of H-pyrrole nitrogens is 1. The second-order valence-corrected chi connectivity index (χ2v) is 9.68. The van der Waals surface area contributed by atoms with Crippen LogP contribution in [0.15, 0.2) is 60.8 Å². The molecule has 9 heteroatoms. The van der Waals surface area contributed by atoms with Gasteiger partial charge in [0.25, 0.3) is 5.91 Å². The predicted molar refractivity (Wildman–Crippen MR) is 145 cm³/mol. The third-order valence-corrected chi connectivity index (χ3v) is 7.44. The van der Waals surface area contributed by atoms with Crippen LogP contribution in [0.1, 0.15) is 15.9 Å². The van der Waals surface area contributed by atoms with Crippen LogP contribution >= 0.6 is 11.3 Å². The largest absolute Gasteiger partial charge is 0.378 e. The fourth-order valence-electron chi connectivity index (χ4n) is 4.48. The molecule has 0 saturated carbocycles. The summed E-state index contributed by atoms with van der Waals surface area (Å²) in [6.07, 6.45) is 1.77. The first kappa shape index (κ1) is 22.5. The maximum Gasteiger partial charge on any atom is 0.253 e. The Morgan fingerprint density at radius 2 is 1.92 bits per heavy atom. The highest BCUT2D eigenvalue weighted by Gasteiger charge is 2.15. The first-order valence-corrected chi connectivity index (χ1v) is 12.8. The van der Waals surface area contributed by atoms with Crippen molar-refractivity contribution >= 4 is 49.3 Å². The van der Waals surface area contributed by atoms with E-state index in [2.05, 4.69) is 49.8 Å². The minimum absolute atomic E-state index is 0.111. The lowest BCUT2D eigenvalue weighted by molar-refractivity contribution is 0.0952. The maximum absolute atomic E-state index is 13.1. The number of nitrogens with one attached hydrogen (secondary N) is 3. The third-order valence-electron chi connectivity index (χ3n) is 6.46. The smallest absolute Gasteiger partial charge is 0.253 e. The van der Waals surface area contributed by atoms with Crippen LogP contribution in [0, 0.1) is 0 Å². The first-order valence-electron chi connectivity index (χ1n) is 11.9. The van der Waals surface area contributed by atoms with Gasteiger partial charge in [0.15, 0.2) is 5.13 Å². The molecule has 1 amide bonds. The molecular weight excluding hydrogens is 472 g/mol. The van der Waals surface area contributed by atoms with E-state index < -0.39 is 0 Å². The van der Waals surface area contributed by atoms with Crippen molar-refractivity contribution in [3.8, 4) is 11.3 Å². The standard InChI is InChI=1S/C27H26N6O2S/c1-28-27-32-24-9-8-22(31-26(24)36-27)18-4-7-23-20(14-18)21(16-29-23)25(34)30-15-17-2-5-19(6-3-17)33-10-12-35-13-11-33/h2-9,14,16,29H,10-13,15H2,1H3,(H,28,32)(H,30,34). The van der Waals surface area contributed by atoms with Crippen molar-refractivity contribution < 1.29 is 9.53 Å². The Bertz CT molecular complexity index is 1540. The van der Waals surface area contributed by atoms with Crippen molar-refractivity contribution in [1.29, 1.82) is 0 Å². The Labute approximate surface area is 212 Å². The van der Waals surface area contributed by atoms with Crippen LogP contribution in [-0.2, 0) is 11.3 Å². The Hall–Kier alpha value is -3.95. The molecule has 1 saturated heterocycles. The first-order chi connectivity index (χ1) is 17.7. The van der Waals surface area contributed by atoms with Gasteiger partial charge in [-0.3, -0.25) is 4.79 Å². The van der Waals surface area contributed by atoms with Crippen LogP contribution in [0.4, 0.5) is 10.8 Å². The number of carbonyl (C=O) groups is 1. The van der Waals surface area contributed by atoms with Crippen molar-refractivity contribution in [3.63, 3.8) is 0 Å². The topological polar surface area (TPSA) is 95.2 Å². The van der Waals surface area contributed by atoms with E-state index in [0.717, 1.165) is 69.5 Å². The summed E-state index contributed by atoms with van der Waals surface area (Å²) < 4.78 is 5.43. The number of morpholine rings is 1. The van der Waals surface area contributed by atoms with Gasteiger partial charge in [-0.1, -0.05) is 29.5 Å². The van der Waals surface area contributed by atoms with Crippen LogP contribution < -0.4 is 15.5 Å². The van der Waals surface area contributed by atoms with Crippen molar-refractivity contribution in [1.82, 2.24) is 20.3 Å². The van der Waals surface area contributed by atoms with E-state index in [1.165, 1.54) is 17.0 Å². The van der Waals surface area contributed by atoms with E-state index in [1.54, 1.807) is 6.20 Å². The lowest BCUT2D eigenvalue weighted by atomic mass is 10.1. The molecule has 0 aliphatic carbocycles. The van der Waals surface area contributed by atoms with Crippen molar-refractivity contribution in [2.75, 3.05) is 43.6 Å². The molecule has 1 aliphatic heterocycles. The van der Waals surface area contributed by atoms with Gasteiger partial charge in [0, 0.05) is 55.0 Å². The average Bonchev–Trinajstić information content (AvgIpc) is 3.55. The number of anilines is 2. The highest BCUT2D eigenvalue weighted by Crippen LogP contribution is 2.29. The number of thiazole rings is 1. The summed E-state index contributed by atoms with van der Waals surface area (Å²) in [6, 6.07) is 18.3. The molecule has 6 rings (SSSR count). The highest BCUT2D eigenvalue weighted by atomic mass is 32.1. The third kappa shape index (κ3) is 4.38. The van der Waals surface area contributed by atoms with Gasteiger partial charge in [0.2, 0.25) is 0 Å². The summed E-state index contributed by atoms with van der Waals surface area (Å²) in [5.41, 5.74) is 6.45. The number of pyridine rings is 1. The molecule has 1 aliphatic rings. The van der Waals surface area contributed by atoms with Crippen LogP contribution in [0.5, 0.6) is 0 Å². The number of fused-ring (bicyclic) bond motifs is 2. The second kappa shape index (κ2) is 9.60. The highest BCUT2D eigenvalue weighted by molar-refractivity contribution is 7.21. The SMILES string of the molecule is CNc1nc2ccc(-c3ccc4[nH]cc(C(=O)NCc5ccc(N6CCOCC6)cc5)c4c3)nc2s1. The van der Waals surface area contributed by atoms with E-state index >= 15 is 0 Å². The summed E-state index contributed by atoms with van der Waals surface area (Å²) in [6.45, 7) is 3.80. The summed E-state index contributed by atoms with van der Waals surface area (Å²) in [4.78, 5) is 28.8. The maximum atomic E-state index is 13.1. The molecular formula is C27H26N6O2S. The molecule has 8 nitrogen and oxygen atoms in total.